The first kappa shape index (κ1) is 12.0. The number of aromatic amines is 1. The first-order valence-corrected chi connectivity index (χ1v) is 6.16. The van der Waals surface area contributed by atoms with Gasteiger partial charge in [0, 0.05) is 23.7 Å². The second kappa shape index (κ2) is 4.24. The molecule has 3 aromatic rings. The number of aromatic nitrogens is 4. The second-order valence-corrected chi connectivity index (χ2v) is 4.77. The van der Waals surface area contributed by atoms with Crippen molar-refractivity contribution < 1.29 is 4.39 Å². The molecule has 0 unspecified atom stereocenters. The van der Waals surface area contributed by atoms with Crippen molar-refractivity contribution in [3.63, 3.8) is 0 Å². The minimum Gasteiger partial charge on any atom is -0.303 e. The van der Waals surface area contributed by atoms with Gasteiger partial charge in [0.25, 0.3) is 0 Å². The van der Waals surface area contributed by atoms with Crippen molar-refractivity contribution >= 4 is 23.1 Å². The molecular formula is C13H11FN4S. The first-order valence-electron chi connectivity index (χ1n) is 5.75. The van der Waals surface area contributed by atoms with E-state index < -0.39 is 0 Å². The summed E-state index contributed by atoms with van der Waals surface area (Å²) in [4.78, 5) is 4.40. The maximum Gasteiger partial charge on any atom is 0.195 e. The van der Waals surface area contributed by atoms with Gasteiger partial charge >= 0.3 is 0 Å². The normalized spacial score (nSPS) is 11.1. The van der Waals surface area contributed by atoms with Crippen LogP contribution in [-0.2, 0) is 7.05 Å². The lowest BCUT2D eigenvalue weighted by Gasteiger charge is -2.07. The number of rotatable bonds is 1. The summed E-state index contributed by atoms with van der Waals surface area (Å²) in [6.45, 7) is 1.90. The molecule has 0 aliphatic carbocycles. The molecule has 3 rings (SSSR count). The van der Waals surface area contributed by atoms with Crippen LogP contribution in [0.3, 0.4) is 0 Å². The minimum absolute atomic E-state index is 0.295. The Morgan fingerprint density at radius 2 is 2.11 bits per heavy atom. The van der Waals surface area contributed by atoms with E-state index in [1.807, 2.05) is 20.0 Å². The topological polar surface area (TPSA) is 46.5 Å². The summed E-state index contributed by atoms with van der Waals surface area (Å²) in [5, 5.41) is 7.66. The van der Waals surface area contributed by atoms with Crippen LogP contribution in [0.15, 0.2) is 24.3 Å². The highest BCUT2D eigenvalue weighted by Crippen LogP contribution is 2.27. The van der Waals surface area contributed by atoms with Crippen molar-refractivity contribution in [3.05, 3.63) is 40.5 Å². The highest BCUT2D eigenvalue weighted by atomic mass is 32.1. The lowest BCUT2D eigenvalue weighted by molar-refractivity contribution is 0.629. The van der Waals surface area contributed by atoms with Crippen LogP contribution in [0.25, 0.3) is 22.3 Å². The SMILES string of the molecule is Cc1cc(-c2n[nH]c(=S)n2C)c2cc(F)ccc2n1. The van der Waals surface area contributed by atoms with Gasteiger partial charge in [-0.2, -0.15) is 5.10 Å². The lowest BCUT2D eigenvalue weighted by atomic mass is 10.1. The van der Waals surface area contributed by atoms with E-state index >= 15 is 0 Å². The number of nitrogens with one attached hydrogen (secondary N) is 1. The van der Waals surface area contributed by atoms with Crippen LogP contribution < -0.4 is 0 Å². The Kier molecular flexibility index (Phi) is 2.67. The minimum atomic E-state index is -0.295. The maximum absolute atomic E-state index is 13.5. The van der Waals surface area contributed by atoms with Crippen LogP contribution in [0.1, 0.15) is 5.69 Å². The summed E-state index contributed by atoms with van der Waals surface area (Å²) in [6, 6.07) is 6.42. The summed E-state index contributed by atoms with van der Waals surface area (Å²) in [7, 11) is 1.82. The van der Waals surface area contributed by atoms with Crippen molar-refractivity contribution in [1.29, 1.82) is 0 Å². The number of hydrogen-bond donors (Lipinski definition) is 1. The summed E-state index contributed by atoms with van der Waals surface area (Å²) >= 11 is 5.11. The Hall–Kier alpha value is -2.08. The standard InChI is InChI=1S/C13H11FN4S/c1-7-5-10(12-16-17-13(19)18(12)2)9-6-8(14)3-4-11(9)15-7/h3-6H,1-2H3,(H,17,19). The first-order chi connectivity index (χ1) is 9.06. The Bertz CT molecular complexity index is 834. The van der Waals surface area contributed by atoms with Gasteiger partial charge in [-0.1, -0.05) is 0 Å². The zero-order chi connectivity index (χ0) is 13.6. The molecule has 0 fully saturated rings. The molecule has 0 saturated heterocycles. The van der Waals surface area contributed by atoms with E-state index in [1.165, 1.54) is 12.1 Å². The summed E-state index contributed by atoms with van der Waals surface area (Å²) in [5.41, 5.74) is 2.41. The number of benzene rings is 1. The molecule has 6 heteroatoms. The Balaban J connectivity index is 2.42. The maximum atomic E-state index is 13.5. The van der Waals surface area contributed by atoms with Crippen LogP contribution in [0.4, 0.5) is 4.39 Å². The molecule has 1 N–H and O–H groups in total. The van der Waals surface area contributed by atoms with Gasteiger partial charge in [0.05, 0.1) is 5.52 Å². The summed E-state index contributed by atoms with van der Waals surface area (Å²) in [6.07, 6.45) is 0. The van der Waals surface area contributed by atoms with E-state index in [-0.39, 0.29) is 5.82 Å². The fourth-order valence-electron chi connectivity index (χ4n) is 2.10. The van der Waals surface area contributed by atoms with Crippen molar-refractivity contribution in [3.8, 4) is 11.4 Å². The zero-order valence-electron chi connectivity index (χ0n) is 10.4. The smallest absolute Gasteiger partial charge is 0.195 e. The van der Waals surface area contributed by atoms with E-state index in [4.69, 9.17) is 12.2 Å². The molecular weight excluding hydrogens is 263 g/mol. The van der Waals surface area contributed by atoms with Crippen LogP contribution in [-0.4, -0.2) is 19.7 Å². The summed E-state index contributed by atoms with van der Waals surface area (Å²) in [5.74, 6) is 0.377. The van der Waals surface area contributed by atoms with Gasteiger partial charge in [0.15, 0.2) is 10.6 Å². The number of hydrogen-bond acceptors (Lipinski definition) is 3. The number of pyridine rings is 1. The quantitative estimate of drug-likeness (QED) is 0.693. The van der Waals surface area contributed by atoms with Crippen LogP contribution >= 0.6 is 12.2 Å². The van der Waals surface area contributed by atoms with E-state index in [0.29, 0.717) is 10.6 Å². The highest BCUT2D eigenvalue weighted by molar-refractivity contribution is 7.71. The van der Waals surface area contributed by atoms with Gasteiger partial charge in [-0.25, -0.2) is 4.39 Å². The predicted octanol–water partition coefficient (Wildman–Crippen LogP) is 3.14. The Morgan fingerprint density at radius 1 is 1.32 bits per heavy atom. The van der Waals surface area contributed by atoms with Crippen molar-refractivity contribution in [2.45, 2.75) is 6.92 Å². The molecule has 0 aliphatic heterocycles. The van der Waals surface area contributed by atoms with Crippen molar-refractivity contribution in [2.24, 2.45) is 7.05 Å². The van der Waals surface area contributed by atoms with Gasteiger partial charge < -0.3 is 4.57 Å². The third-order valence-electron chi connectivity index (χ3n) is 3.02. The molecule has 1 aromatic carbocycles. The zero-order valence-corrected chi connectivity index (χ0v) is 11.3. The highest BCUT2D eigenvalue weighted by Gasteiger charge is 2.12. The molecule has 2 aromatic heterocycles. The molecule has 2 heterocycles. The molecule has 0 atom stereocenters. The Labute approximate surface area is 113 Å². The third-order valence-corrected chi connectivity index (χ3v) is 3.38. The number of fused-ring (bicyclic) bond motifs is 1. The number of aryl methyl sites for hydroxylation is 1. The van der Waals surface area contributed by atoms with E-state index in [0.717, 1.165) is 22.2 Å². The summed E-state index contributed by atoms with van der Waals surface area (Å²) < 4.78 is 15.7. The van der Waals surface area contributed by atoms with E-state index in [1.54, 1.807) is 10.6 Å². The molecule has 0 spiro atoms. The van der Waals surface area contributed by atoms with Crippen LogP contribution in [0.2, 0.25) is 0 Å². The molecule has 0 bridgehead atoms. The second-order valence-electron chi connectivity index (χ2n) is 4.38. The average Bonchev–Trinajstić information content (AvgIpc) is 2.70. The molecule has 4 nitrogen and oxygen atoms in total. The fraction of sp³-hybridized carbons (Fsp3) is 0.154. The molecule has 0 aliphatic rings. The van der Waals surface area contributed by atoms with E-state index in [2.05, 4.69) is 15.2 Å². The number of nitrogens with zero attached hydrogens (tertiary/aromatic N) is 3. The fourth-order valence-corrected chi connectivity index (χ4v) is 2.24. The number of halogens is 1. The lowest BCUT2D eigenvalue weighted by Crippen LogP contribution is -1.96. The van der Waals surface area contributed by atoms with Crippen LogP contribution in [0, 0.1) is 17.5 Å². The van der Waals surface area contributed by atoms with Gasteiger partial charge in [-0.3, -0.25) is 10.1 Å². The predicted molar refractivity (Wildman–Crippen MR) is 73.8 cm³/mol. The van der Waals surface area contributed by atoms with Gasteiger partial charge in [-0.15, -0.1) is 0 Å². The number of H-pyrrole nitrogens is 1. The van der Waals surface area contributed by atoms with Crippen LogP contribution in [0.5, 0.6) is 0 Å². The molecule has 0 saturated carbocycles. The average molecular weight is 274 g/mol. The molecule has 19 heavy (non-hydrogen) atoms. The largest absolute Gasteiger partial charge is 0.303 e. The van der Waals surface area contributed by atoms with Crippen molar-refractivity contribution in [1.82, 2.24) is 19.7 Å². The van der Waals surface area contributed by atoms with Crippen molar-refractivity contribution in [2.75, 3.05) is 0 Å². The molecule has 0 amide bonds. The molecule has 0 radical (unpaired) electrons. The van der Waals surface area contributed by atoms with Gasteiger partial charge in [0.2, 0.25) is 0 Å². The van der Waals surface area contributed by atoms with Gasteiger partial charge in [-0.05, 0) is 43.4 Å². The molecule has 96 valence electrons. The Morgan fingerprint density at radius 3 is 2.79 bits per heavy atom. The van der Waals surface area contributed by atoms with E-state index in [9.17, 15) is 4.39 Å². The third kappa shape index (κ3) is 1.94. The van der Waals surface area contributed by atoms with Gasteiger partial charge in [0.1, 0.15) is 5.82 Å². The monoisotopic (exact) mass is 274 g/mol.